The Morgan fingerprint density at radius 3 is 2.36 bits per heavy atom. The van der Waals surface area contributed by atoms with Gasteiger partial charge in [0.05, 0.1) is 19.8 Å². The standard InChI is InChI=1S/C23H36N2O3/c1-4-5-18-6-8-19(9-7-18)22(17(2)3)24-16-21(26)25-20-10-12-23(13-11-20)27-14-15-28-23/h6-9,17,20,22,24H,4-5,10-16H2,1-3H3,(H,25,26). The zero-order valence-electron chi connectivity index (χ0n) is 17.6. The number of carbonyl (C=O) groups excluding carboxylic acids is 1. The van der Waals surface area contributed by atoms with Gasteiger partial charge in [-0.05, 0) is 36.3 Å². The Morgan fingerprint density at radius 2 is 1.79 bits per heavy atom. The highest BCUT2D eigenvalue weighted by molar-refractivity contribution is 5.78. The summed E-state index contributed by atoms with van der Waals surface area (Å²) < 4.78 is 11.5. The van der Waals surface area contributed by atoms with Crippen LogP contribution in [0.4, 0.5) is 0 Å². The second kappa shape index (κ2) is 9.86. The van der Waals surface area contributed by atoms with Crippen molar-refractivity contribution < 1.29 is 14.3 Å². The molecule has 0 bridgehead atoms. The molecule has 0 aromatic heterocycles. The average Bonchev–Trinajstić information content (AvgIpc) is 3.13. The van der Waals surface area contributed by atoms with Crippen LogP contribution in [0.25, 0.3) is 0 Å². The van der Waals surface area contributed by atoms with Gasteiger partial charge in [0.2, 0.25) is 5.91 Å². The molecule has 1 unspecified atom stereocenters. The Balaban J connectivity index is 1.46. The molecule has 2 N–H and O–H groups in total. The molecule has 3 rings (SSSR count). The van der Waals surface area contributed by atoms with E-state index in [4.69, 9.17) is 9.47 Å². The maximum Gasteiger partial charge on any atom is 0.234 e. The predicted octanol–water partition coefficient (Wildman–Crippen LogP) is 3.73. The molecule has 1 spiro atoms. The summed E-state index contributed by atoms with van der Waals surface area (Å²) in [6.45, 7) is 8.31. The molecule has 1 amide bonds. The van der Waals surface area contributed by atoms with Gasteiger partial charge in [-0.2, -0.15) is 0 Å². The van der Waals surface area contributed by atoms with E-state index in [1.54, 1.807) is 0 Å². The van der Waals surface area contributed by atoms with E-state index in [9.17, 15) is 4.79 Å². The Bertz CT molecular complexity index is 613. The second-order valence-electron chi connectivity index (χ2n) is 8.54. The van der Waals surface area contributed by atoms with Gasteiger partial charge in [0.15, 0.2) is 5.79 Å². The predicted molar refractivity (Wildman–Crippen MR) is 111 cm³/mol. The van der Waals surface area contributed by atoms with Crippen molar-refractivity contribution in [3.63, 3.8) is 0 Å². The van der Waals surface area contributed by atoms with Crippen molar-refractivity contribution in [1.82, 2.24) is 10.6 Å². The van der Waals surface area contributed by atoms with Crippen molar-refractivity contribution in [1.29, 1.82) is 0 Å². The van der Waals surface area contributed by atoms with Crippen LogP contribution >= 0.6 is 0 Å². The minimum Gasteiger partial charge on any atom is -0.352 e. The molecule has 0 radical (unpaired) electrons. The topological polar surface area (TPSA) is 59.6 Å². The molecule has 2 aliphatic rings. The highest BCUT2D eigenvalue weighted by atomic mass is 16.7. The number of ether oxygens (including phenoxy) is 2. The SMILES string of the molecule is CCCc1ccc(C(NCC(=O)NC2CCC3(CC2)OCCO3)C(C)C)cc1. The smallest absolute Gasteiger partial charge is 0.234 e. The molecule has 1 saturated carbocycles. The van der Waals surface area contributed by atoms with Crippen LogP contribution in [0.15, 0.2) is 24.3 Å². The molecule has 1 aliphatic carbocycles. The molecule has 156 valence electrons. The maximum atomic E-state index is 12.5. The van der Waals surface area contributed by atoms with E-state index in [2.05, 4.69) is 55.7 Å². The van der Waals surface area contributed by atoms with Gasteiger partial charge in [0.1, 0.15) is 0 Å². The number of aryl methyl sites for hydroxylation is 1. The Labute approximate surface area is 169 Å². The highest BCUT2D eigenvalue weighted by Gasteiger charge is 2.40. The summed E-state index contributed by atoms with van der Waals surface area (Å²) in [5, 5.41) is 6.65. The maximum absolute atomic E-state index is 12.5. The molecule has 1 aliphatic heterocycles. The van der Waals surface area contributed by atoms with Gasteiger partial charge in [-0.25, -0.2) is 0 Å². The van der Waals surface area contributed by atoms with Crippen LogP contribution in [0.5, 0.6) is 0 Å². The molecule has 1 atom stereocenters. The van der Waals surface area contributed by atoms with Crippen molar-refractivity contribution in [3.8, 4) is 0 Å². The third-order valence-electron chi connectivity index (χ3n) is 5.95. The fourth-order valence-corrected chi connectivity index (χ4v) is 4.39. The molecule has 1 heterocycles. The quantitative estimate of drug-likeness (QED) is 0.712. The van der Waals surface area contributed by atoms with E-state index in [0.29, 0.717) is 25.7 Å². The molecule has 2 fully saturated rings. The third-order valence-corrected chi connectivity index (χ3v) is 5.95. The van der Waals surface area contributed by atoms with Crippen LogP contribution in [-0.4, -0.2) is 37.5 Å². The fraction of sp³-hybridized carbons (Fsp3) is 0.696. The van der Waals surface area contributed by atoms with Gasteiger partial charge in [-0.15, -0.1) is 0 Å². The van der Waals surface area contributed by atoms with Gasteiger partial charge >= 0.3 is 0 Å². The number of hydrogen-bond donors (Lipinski definition) is 2. The minimum atomic E-state index is -0.369. The molecule has 1 aromatic rings. The molecular weight excluding hydrogens is 352 g/mol. The van der Waals surface area contributed by atoms with Crippen molar-refractivity contribution >= 4 is 5.91 Å². The molecule has 5 heteroatoms. The van der Waals surface area contributed by atoms with Gasteiger partial charge in [0, 0.05) is 24.9 Å². The van der Waals surface area contributed by atoms with E-state index >= 15 is 0 Å². The summed E-state index contributed by atoms with van der Waals surface area (Å²) in [5.41, 5.74) is 2.62. The largest absolute Gasteiger partial charge is 0.352 e. The second-order valence-corrected chi connectivity index (χ2v) is 8.54. The molecule has 5 nitrogen and oxygen atoms in total. The minimum absolute atomic E-state index is 0.0717. The van der Waals surface area contributed by atoms with Gasteiger partial charge in [-0.1, -0.05) is 51.5 Å². The third kappa shape index (κ3) is 5.56. The first-order chi connectivity index (χ1) is 13.5. The van der Waals surface area contributed by atoms with Crippen LogP contribution in [0.1, 0.15) is 70.0 Å². The monoisotopic (exact) mass is 388 g/mol. The molecule has 1 aromatic carbocycles. The normalized spacial score (nSPS) is 20.6. The fourth-order valence-electron chi connectivity index (χ4n) is 4.39. The van der Waals surface area contributed by atoms with E-state index < -0.39 is 0 Å². The lowest BCUT2D eigenvalue weighted by atomic mass is 9.90. The lowest BCUT2D eigenvalue weighted by Crippen LogP contribution is -2.46. The van der Waals surface area contributed by atoms with E-state index in [0.717, 1.165) is 38.5 Å². The molecule has 28 heavy (non-hydrogen) atoms. The van der Waals surface area contributed by atoms with E-state index in [-0.39, 0.29) is 23.8 Å². The summed E-state index contributed by atoms with van der Waals surface area (Å²) >= 11 is 0. The number of rotatable bonds is 8. The van der Waals surface area contributed by atoms with Gasteiger partial charge in [0.25, 0.3) is 0 Å². The summed E-state index contributed by atoms with van der Waals surface area (Å²) in [4.78, 5) is 12.5. The summed E-state index contributed by atoms with van der Waals surface area (Å²) in [7, 11) is 0. The molecular formula is C23H36N2O3. The number of amides is 1. The molecule has 1 saturated heterocycles. The number of carbonyl (C=O) groups is 1. The van der Waals surface area contributed by atoms with Gasteiger partial charge < -0.3 is 20.1 Å². The van der Waals surface area contributed by atoms with Crippen LogP contribution in [0, 0.1) is 5.92 Å². The Morgan fingerprint density at radius 1 is 1.14 bits per heavy atom. The Kier molecular flexibility index (Phi) is 7.49. The lowest BCUT2D eigenvalue weighted by molar-refractivity contribution is -0.180. The van der Waals surface area contributed by atoms with Crippen LogP contribution < -0.4 is 10.6 Å². The van der Waals surface area contributed by atoms with E-state index in [1.165, 1.54) is 11.1 Å². The van der Waals surface area contributed by atoms with E-state index in [1.807, 2.05) is 0 Å². The van der Waals surface area contributed by atoms with Crippen molar-refractivity contribution in [2.24, 2.45) is 5.92 Å². The number of nitrogens with one attached hydrogen (secondary N) is 2. The number of hydrogen-bond acceptors (Lipinski definition) is 4. The van der Waals surface area contributed by atoms with Crippen LogP contribution in [0.3, 0.4) is 0 Å². The van der Waals surface area contributed by atoms with Crippen molar-refractivity contribution in [2.45, 2.75) is 77.2 Å². The Hall–Kier alpha value is -1.43. The lowest BCUT2D eigenvalue weighted by Gasteiger charge is -2.35. The van der Waals surface area contributed by atoms with Crippen LogP contribution in [0.2, 0.25) is 0 Å². The average molecular weight is 389 g/mol. The number of benzene rings is 1. The zero-order valence-corrected chi connectivity index (χ0v) is 17.6. The van der Waals surface area contributed by atoms with Gasteiger partial charge in [-0.3, -0.25) is 4.79 Å². The zero-order chi connectivity index (χ0) is 20.0. The van der Waals surface area contributed by atoms with Crippen LogP contribution in [-0.2, 0) is 20.7 Å². The summed E-state index contributed by atoms with van der Waals surface area (Å²) in [5.74, 6) is 0.116. The summed E-state index contributed by atoms with van der Waals surface area (Å²) in [6.07, 6.45) is 5.83. The highest BCUT2D eigenvalue weighted by Crippen LogP contribution is 2.35. The first-order valence-corrected chi connectivity index (χ1v) is 10.9. The van der Waals surface area contributed by atoms with Crippen molar-refractivity contribution in [3.05, 3.63) is 35.4 Å². The first-order valence-electron chi connectivity index (χ1n) is 10.9. The van der Waals surface area contributed by atoms with Crippen molar-refractivity contribution in [2.75, 3.05) is 19.8 Å². The summed E-state index contributed by atoms with van der Waals surface area (Å²) in [6, 6.07) is 9.21. The first kappa shape index (κ1) is 21.3.